The lowest BCUT2D eigenvalue weighted by Gasteiger charge is -2.23. The van der Waals surface area contributed by atoms with Gasteiger partial charge in [0.25, 0.3) is 0 Å². The molecule has 7 heteroatoms. The van der Waals surface area contributed by atoms with Crippen molar-refractivity contribution in [1.82, 2.24) is 19.4 Å². The number of amides is 2. The number of fused-ring (bicyclic) bond motifs is 1. The molecule has 6 nitrogen and oxygen atoms in total. The number of benzene rings is 1. The first-order valence-electron chi connectivity index (χ1n) is 8.98. The highest BCUT2D eigenvalue weighted by atomic mass is 19.1. The van der Waals surface area contributed by atoms with E-state index in [9.17, 15) is 9.18 Å². The Kier molecular flexibility index (Phi) is 5.56. The summed E-state index contributed by atoms with van der Waals surface area (Å²) >= 11 is 0. The highest BCUT2D eigenvalue weighted by Crippen LogP contribution is 2.19. The minimum Gasteiger partial charge on any atom is -0.333 e. The molecule has 2 aromatic rings. The first kappa shape index (κ1) is 18.4. The Morgan fingerprint density at radius 3 is 2.92 bits per heavy atom. The number of aromatic nitrogens is 2. The summed E-state index contributed by atoms with van der Waals surface area (Å²) in [6, 6.07) is 6.16. The Balaban J connectivity index is 1.74. The van der Waals surface area contributed by atoms with E-state index in [2.05, 4.69) is 40.7 Å². The molecule has 26 heavy (non-hydrogen) atoms. The molecule has 1 N–H and O–H groups in total. The molecule has 1 aromatic carbocycles. The molecule has 0 saturated heterocycles. The van der Waals surface area contributed by atoms with Crippen LogP contribution < -0.4 is 5.32 Å². The number of anilines is 1. The van der Waals surface area contributed by atoms with Gasteiger partial charge >= 0.3 is 6.03 Å². The van der Waals surface area contributed by atoms with Crippen LogP contribution >= 0.6 is 0 Å². The lowest BCUT2D eigenvalue weighted by Crippen LogP contribution is -2.35. The molecule has 0 spiro atoms. The summed E-state index contributed by atoms with van der Waals surface area (Å²) in [4.78, 5) is 21.2. The van der Waals surface area contributed by atoms with E-state index in [0.29, 0.717) is 24.8 Å². The second-order valence-corrected chi connectivity index (χ2v) is 7.06. The maximum atomic E-state index is 13.3. The summed E-state index contributed by atoms with van der Waals surface area (Å²) in [7, 11) is 2.07. The van der Waals surface area contributed by atoms with Crippen molar-refractivity contribution in [2.24, 2.45) is 0 Å². The van der Waals surface area contributed by atoms with Gasteiger partial charge in [-0.2, -0.15) is 0 Å². The van der Waals surface area contributed by atoms with E-state index in [4.69, 9.17) is 0 Å². The molecule has 140 valence electrons. The van der Waals surface area contributed by atoms with Gasteiger partial charge in [0, 0.05) is 31.4 Å². The van der Waals surface area contributed by atoms with Crippen molar-refractivity contribution in [2.75, 3.05) is 18.9 Å². The van der Waals surface area contributed by atoms with Crippen molar-refractivity contribution in [3.8, 4) is 0 Å². The molecule has 1 aromatic heterocycles. The van der Waals surface area contributed by atoms with Gasteiger partial charge in [-0.05, 0) is 45.5 Å². The highest BCUT2D eigenvalue weighted by molar-refractivity contribution is 5.89. The molecule has 2 amide bonds. The SMILES string of the molecule is CC(C)N(C)Cc1ncn2c1CN(C(=O)Nc1cccc(F)c1)CCC2. The number of hydrogen-bond donors (Lipinski definition) is 1. The first-order valence-corrected chi connectivity index (χ1v) is 8.98. The second kappa shape index (κ2) is 7.86. The number of hydrogen-bond acceptors (Lipinski definition) is 3. The summed E-state index contributed by atoms with van der Waals surface area (Å²) in [5.74, 6) is -0.365. The van der Waals surface area contributed by atoms with Crippen LogP contribution in [0.5, 0.6) is 0 Å². The van der Waals surface area contributed by atoms with Crippen molar-refractivity contribution in [3.63, 3.8) is 0 Å². The van der Waals surface area contributed by atoms with Crippen molar-refractivity contribution in [3.05, 3.63) is 47.8 Å². The van der Waals surface area contributed by atoms with E-state index in [1.807, 2.05) is 6.33 Å². The maximum Gasteiger partial charge on any atom is 0.322 e. The monoisotopic (exact) mass is 359 g/mol. The fourth-order valence-corrected chi connectivity index (χ4v) is 3.01. The molecule has 1 aliphatic rings. The normalized spacial score (nSPS) is 14.5. The lowest BCUT2D eigenvalue weighted by molar-refractivity contribution is 0.209. The molecule has 0 fully saturated rings. The zero-order valence-corrected chi connectivity index (χ0v) is 15.6. The molecule has 1 aliphatic heterocycles. The Hall–Kier alpha value is -2.41. The molecule has 0 bridgehead atoms. The average molecular weight is 359 g/mol. The van der Waals surface area contributed by atoms with Gasteiger partial charge in [0.1, 0.15) is 5.82 Å². The third-order valence-electron chi connectivity index (χ3n) is 4.84. The van der Waals surface area contributed by atoms with Crippen LogP contribution in [0, 0.1) is 5.82 Å². The lowest BCUT2D eigenvalue weighted by atomic mass is 10.2. The van der Waals surface area contributed by atoms with Crippen LogP contribution in [0.1, 0.15) is 31.7 Å². The van der Waals surface area contributed by atoms with E-state index >= 15 is 0 Å². The van der Waals surface area contributed by atoms with Gasteiger partial charge in [-0.25, -0.2) is 14.2 Å². The van der Waals surface area contributed by atoms with Gasteiger partial charge in [0.05, 0.1) is 24.3 Å². The largest absolute Gasteiger partial charge is 0.333 e. The predicted molar refractivity (Wildman–Crippen MR) is 99.3 cm³/mol. The zero-order valence-electron chi connectivity index (χ0n) is 15.6. The maximum absolute atomic E-state index is 13.3. The number of nitrogens with zero attached hydrogens (tertiary/aromatic N) is 4. The Morgan fingerprint density at radius 1 is 1.38 bits per heavy atom. The average Bonchev–Trinajstić information content (AvgIpc) is 2.83. The van der Waals surface area contributed by atoms with Crippen LogP contribution in [0.3, 0.4) is 0 Å². The van der Waals surface area contributed by atoms with E-state index < -0.39 is 0 Å². The fraction of sp³-hybridized carbons (Fsp3) is 0.474. The van der Waals surface area contributed by atoms with Crippen molar-refractivity contribution < 1.29 is 9.18 Å². The molecule has 0 radical (unpaired) electrons. The van der Waals surface area contributed by atoms with Gasteiger partial charge in [0.2, 0.25) is 0 Å². The molecule has 0 aliphatic carbocycles. The highest BCUT2D eigenvalue weighted by Gasteiger charge is 2.23. The second-order valence-electron chi connectivity index (χ2n) is 7.06. The number of rotatable bonds is 4. The van der Waals surface area contributed by atoms with Crippen LogP contribution in [-0.4, -0.2) is 45.0 Å². The number of carbonyl (C=O) groups excluding carboxylic acids is 1. The Morgan fingerprint density at radius 2 is 2.19 bits per heavy atom. The van der Waals surface area contributed by atoms with E-state index in [1.165, 1.54) is 12.1 Å². The molecule has 0 saturated carbocycles. The van der Waals surface area contributed by atoms with Crippen LogP contribution in [-0.2, 0) is 19.6 Å². The number of imidazole rings is 1. The van der Waals surface area contributed by atoms with Crippen LogP contribution in [0.2, 0.25) is 0 Å². The third-order valence-corrected chi connectivity index (χ3v) is 4.84. The van der Waals surface area contributed by atoms with Crippen molar-refractivity contribution in [1.29, 1.82) is 0 Å². The van der Waals surface area contributed by atoms with Crippen LogP contribution in [0.25, 0.3) is 0 Å². The minimum atomic E-state index is -0.365. The number of nitrogens with one attached hydrogen (secondary N) is 1. The molecular formula is C19H26FN5O. The van der Waals surface area contributed by atoms with Crippen LogP contribution in [0.4, 0.5) is 14.9 Å². The summed E-state index contributed by atoms with van der Waals surface area (Å²) in [5, 5.41) is 2.79. The molecular weight excluding hydrogens is 333 g/mol. The van der Waals surface area contributed by atoms with Crippen LogP contribution in [0.15, 0.2) is 30.6 Å². The quantitative estimate of drug-likeness (QED) is 0.911. The Labute approximate surface area is 153 Å². The zero-order chi connectivity index (χ0) is 18.7. The smallest absolute Gasteiger partial charge is 0.322 e. The van der Waals surface area contributed by atoms with Gasteiger partial charge in [-0.15, -0.1) is 0 Å². The van der Waals surface area contributed by atoms with Gasteiger partial charge < -0.3 is 14.8 Å². The topological polar surface area (TPSA) is 53.4 Å². The number of carbonyl (C=O) groups is 1. The summed E-state index contributed by atoms with van der Waals surface area (Å²) < 4.78 is 15.5. The predicted octanol–water partition coefficient (Wildman–Crippen LogP) is 3.30. The third kappa shape index (κ3) is 4.22. The van der Waals surface area contributed by atoms with E-state index in [0.717, 1.165) is 30.9 Å². The summed E-state index contributed by atoms with van der Waals surface area (Å²) in [6.07, 6.45) is 2.73. The molecule has 3 rings (SSSR count). The minimum absolute atomic E-state index is 0.214. The molecule has 0 atom stereocenters. The molecule has 2 heterocycles. The van der Waals surface area contributed by atoms with Crippen molar-refractivity contribution >= 4 is 11.7 Å². The van der Waals surface area contributed by atoms with Gasteiger partial charge in [-0.3, -0.25) is 4.90 Å². The number of halogens is 1. The van der Waals surface area contributed by atoms with Gasteiger partial charge in [0.15, 0.2) is 0 Å². The Bertz CT molecular complexity index is 773. The summed E-state index contributed by atoms with van der Waals surface area (Å²) in [5.41, 5.74) is 2.54. The fourth-order valence-electron chi connectivity index (χ4n) is 3.01. The van der Waals surface area contributed by atoms with Crippen molar-refractivity contribution in [2.45, 2.75) is 45.9 Å². The molecule has 0 unspecified atom stereocenters. The number of aryl methyl sites for hydroxylation is 1. The standard InChI is InChI=1S/C19H26FN5O/c1-14(2)23(3)11-17-18-12-24(8-5-9-25(18)13-21-17)19(26)22-16-7-4-6-15(20)10-16/h4,6-7,10,13-14H,5,8-9,11-12H2,1-3H3,(H,22,26). The van der Waals surface area contributed by atoms with E-state index in [1.54, 1.807) is 17.0 Å². The number of urea groups is 1. The summed E-state index contributed by atoms with van der Waals surface area (Å²) in [6.45, 7) is 7.04. The van der Waals surface area contributed by atoms with E-state index in [-0.39, 0.29) is 11.8 Å². The van der Waals surface area contributed by atoms with Gasteiger partial charge in [-0.1, -0.05) is 6.07 Å². The first-order chi connectivity index (χ1) is 12.4.